The Morgan fingerprint density at radius 2 is 1.55 bits per heavy atom. The maximum absolute atomic E-state index is 14.0. The number of benzene rings is 3. The number of hydrogen-bond donors (Lipinski definition) is 1. The molecule has 214 valence electrons. The Kier molecular flexibility index (Phi) is 11.0. The molecule has 0 saturated carbocycles. The third-order valence-electron chi connectivity index (χ3n) is 6.62. The van der Waals surface area contributed by atoms with Crippen LogP contribution in [0.25, 0.3) is 0 Å². The van der Waals surface area contributed by atoms with Crippen molar-refractivity contribution < 1.29 is 22.7 Å². The van der Waals surface area contributed by atoms with Gasteiger partial charge in [0.2, 0.25) is 11.8 Å². The lowest BCUT2D eigenvalue weighted by molar-refractivity contribution is -0.140. The summed E-state index contributed by atoms with van der Waals surface area (Å²) in [6.07, 6.45) is 1.07. The van der Waals surface area contributed by atoms with E-state index >= 15 is 0 Å². The highest BCUT2D eigenvalue weighted by atomic mass is 35.5. The van der Waals surface area contributed by atoms with Crippen LogP contribution in [0.1, 0.15) is 39.2 Å². The van der Waals surface area contributed by atoms with Crippen LogP contribution in [0.5, 0.6) is 5.75 Å². The number of nitrogens with one attached hydrogen (secondary N) is 1. The van der Waals surface area contributed by atoms with Crippen molar-refractivity contribution in [3.63, 3.8) is 0 Å². The maximum Gasteiger partial charge on any atom is 0.264 e. The SMILES string of the molecule is CC[C@H](C(=O)N[C@@H](C)CC)N(Cc1ccc(Cl)cc1)C(=O)CN(c1ccc(OC)cc1)S(=O)(=O)c1ccccc1. The zero-order chi connectivity index (χ0) is 29.3. The molecular formula is C30H36ClN3O5S. The number of amides is 2. The van der Waals surface area contributed by atoms with Crippen LogP contribution in [0, 0.1) is 0 Å². The summed E-state index contributed by atoms with van der Waals surface area (Å²) in [6.45, 7) is 5.27. The van der Waals surface area contributed by atoms with Gasteiger partial charge in [0.05, 0.1) is 17.7 Å². The van der Waals surface area contributed by atoms with Crippen LogP contribution in [0.15, 0.2) is 83.8 Å². The largest absolute Gasteiger partial charge is 0.497 e. The van der Waals surface area contributed by atoms with E-state index < -0.39 is 28.5 Å². The molecule has 3 rings (SSSR count). The smallest absolute Gasteiger partial charge is 0.264 e. The summed E-state index contributed by atoms with van der Waals surface area (Å²) in [7, 11) is -2.61. The summed E-state index contributed by atoms with van der Waals surface area (Å²) in [5, 5.41) is 3.51. The number of carbonyl (C=O) groups excluding carboxylic acids is 2. The molecule has 0 bridgehead atoms. The number of nitrogens with zero attached hydrogens (tertiary/aromatic N) is 2. The van der Waals surface area contributed by atoms with E-state index in [1.807, 2.05) is 20.8 Å². The fourth-order valence-corrected chi connectivity index (χ4v) is 5.71. The highest BCUT2D eigenvalue weighted by Crippen LogP contribution is 2.27. The lowest BCUT2D eigenvalue weighted by Crippen LogP contribution is -2.53. The number of halogens is 1. The molecule has 0 aliphatic rings. The number of rotatable bonds is 13. The summed E-state index contributed by atoms with van der Waals surface area (Å²) in [5.74, 6) is -0.262. The second-order valence-corrected chi connectivity index (χ2v) is 11.7. The normalized spacial score (nSPS) is 12.7. The van der Waals surface area contributed by atoms with Gasteiger partial charge in [0.25, 0.3) is 10.0 Å². The summed E-state index contributed by atoms with van der Waals surface area (Å²) in [4.78, 5) is 28.8. The van der Waals surface area contributed by atoms with Gasteiger partial charge in [-0.15, -0.1) is 0 Å². The van der Waals surface area contributed by atoms with Crippen LogP contribution in [-0.2, 0) is 26.2 Å². The van der Waals surface area contributed by atoms with Crippen LogP contribution < -0.4 is 14.4 Å². The quantitative estimate of drug-likeness (QED) is 0.295. The van der Waals surface area contributed by atoms with E-state index in [1.54, 1.807) is 66.7 Å². The third kappa shape index (κ3) is 7.76. The number of anilines is 1. The Balaban J connectivity index is 2.04. The summed E-state index contributed by atoms with van der Waals surface area (Å²) in [5.41, 5.74) is 1.05. The first-order chi connectivity index (χ1) is 19.1. The molecule has 3 aromatic rings. The number of sulfonamides is 1. The van der Waals surface area contributed by atoms with Gasteiger partial charge in [-0.25, -0.2) is 8.42 Å². The van der Waals surface area contributed by atoms with Crippen molar-refractivity contribution in [1.29, 1.82) is 0 Å². The van der Waals surface area contributed by atoms with Crippen LogP contribution in [-0.4, -0.2) is 50.9 Å². The first-order valence-corrected chi connectivity index (χ1v) is 15.0. The number of methoxy groups -OCH3 is 1. The van der Waals surface area contributed by atoms with Crippen molar-refractivity contribution in [3.05, 3.63) is 89.4 Å². The Bertz CT molecular complexity index is 1370. The predicted molar refractivity (Wildman–Crippen MR) is 158 cm³/mol. The molecule has 0 fully saturated rings. The highest BCUT2D eigenvalue weighted by Gasteiger charge is 2.34. The van der Waals surface area contributed by atoms with Gasteiger partial charge in [-0.2, -0.15) is 0 Å². The molecule has 0 saturated heterocycles. The van der Waals surface area contributed by atoms with E-state index in [4.69, 9.17) is 16.3 Å². The maximum atomic E-state index is 14.0. The molecule has 0 aliphatic heterocycles. The molecule has 3 aromatic carbocycles. The van der Waals surface area contributed by atoms with E-state index in [9.17, 15) is 18.0 Å². The molecular weight excluding hydrogens is 550 g/mol. The van der Waals surface area contributed by atoms with Crippen molar-refractivity contribution in [2.75, 3.05) is 18.0 Å². The molecule has 0 aliphatic carbocycles. The van der Waals surface area contributed by atoms with Crippen LogP contribution >= 0.6 is 11.6 Å². The zero-order valence-corrected chi connectivity index (χ0v) is 24.8. The Morgan fingerprint density at radius 3 is 2.10 bits per heavy atom. The van der Waals surface area contributed by atoms with E-state index in [1.165, 1.54) is 24.1 Å². The summed E-state index contributed by atoms with van der Waals surface area (Å²) < 4.78 is 34.0. The molecule has 0 radical (unpaired) electrons. The lowest BCUT2D eigenvalue weighted by atomic mass is 10.1. The predicted octanol–water partition coefficient (Wildman–Crippen LogP) is 5.27. The Morgan fingerprint density at radius 1 is 0.925 bits per heavy atom. The van der Waals surface area contributed by atoms with Crippen molar-refractivity contribution in [3.8, 4) is 5.75 Å². The first-order valence-electron chi connectivity index (χ1n) is 13.2. The topological polar surface area (TPSA) is 96.0 Å². The number of hydrogen-bond acceptors (Lipinski definition) is 5. The average Bonchev–Trinajstić information content (AvgIpc) is 2.97. The Hall–Kier alpha value is -3.56. The van der Waals surface area contributed by atoms with E-state index in [0.29, 0.717) is 22.9 Å². The fourth-order valence-electron chi connectivity index (χ4n) is 4.14. The second-order valence-electron chi connectivity index (χ2n) is 9.41. The third-order valence-corrected chi connectivity index (χ3v) is 8.66. The molecule has 0 heterocycles. The molecule has 8 nitrogen and oxygen atoms in total. The zero-order valence-electron chi connectivity index (χ0n) is 23.2. The Labute approximate surface area is 241 Å². The van der Waals surface area contributed by atoms with Crippen molar-refractivity contribution in [2.24, 2.45) is 0 Å². The van der Waals surface area contributed by atoms with E-state index in [2.05, 4.69) is 5.32 Å². The molecule has 0 aromatic heterocycles. The van der Waals surface area contributed by atoms with Crippen molar-refractivity contribution in [1.82, 2.24) is 10.2 Å². The van der Waals surface area contributed by atoms with Crippen LogP contribution in [0.3, 0.4) is 0 Å². The lowest BCUT2D eigenvalue weighted by Gasteiger charge is -2.33. The fraction of sp³-hybridized carbons (Fsp3) is 0.333. The van der Waals surface area contributed by atoms with Crippen LogP contribution in [0.2, 0.25) is 5.02 Å². The van der Waals surface area contributed by atoms with Gasteiger partial charge in [-0.1, -0.05) is 55.8 Å². The van der Waals surface area contributed by atoms with Gasteiger partial charge in [0.15, 0.2) is 0 Å². The highest BCUT2D eigenvalue weighted by molar-refractivity contribution is 7.92. The van der Waals surface area contributed by atoms with Gasteiger partial charge >= 0.3 is 0 Å². The van der Waals surface area contributed by atoms with Gasteiger partial charge in [0.1, 0.15) is 18.3 Å². The molecule has 1 N–H and O–H groups in total. The number of carbonyl (C=O) groups is 2. The first kappa shape index (κ1) is 31.0. The van der Waals surface area contributed by atoms with Crippen molar-refractivity contribution >= 4 is 39.1 Å². The minimum Gasteiger partial charge on any atom is -0.497 e. The van der Waals surface area contributed by atoms with Gasteiger partial charge < -0.3 is 15.0 Å². The molecule has 40 heavy (non-hydrogen) atoms. The minimum absolute atomic E-state index is 0.0458. The van der Waals surface area contributed by atoms with Gasteiger partial charge in [-0.05, 0) is 73.9 Å². The molecule has 2 atom stereocenters. The molecule has 0 spiro atoms. The number of ether oxygens (including phenoxy) is 1. The van der Waals surface area contributed by atoms with Gasteiger partial charge in [-0.3, -0.25) is 13.9 Å². The molecule has 2 amide bonds. The van der Waals surface area contributed by atoms with E-state index in [0.717, 1.165) is 16.3 Å². The summed E-state index contributed by atoms with van der Waals surface area (Å²) >= 11 is 6.06. The van der Waals surface area contributed by atoms with Gasteiger partial charge in [0, 0.05) is 17.6 Å². The standard InChI is InChI=1S/C30H36ClN3O5S/c1-5-22(3)32-30(36)28(6-2)33(20-23-12-14-24(31)15-13-23)29(35)21-34(25-16-18-26(39-4)19-17-25)40(37,38)27-10-8-7-9-11-27/h7-19,22,28H,5-6,20-21H2,1-4H3,(H,32,36)/t22-,28+/m0/s1. The van der Waals surface area contributed by atoms with E-state index in [-0.39, 0.29) is 23.4 Å². The van der Waals surface area contributed by atoms with Crippen molar-refractivity contribution in [2.45, 2.75) is 57.1 Å². The van der Waals surface area contributed by atoms with Crippen LogP contribution in [0.4, 0.5) is 5.69 Å². The summed E-state index contributed by atoms with van der Waals surface area (Å²) in [6, 6.07) is 20.5. The molecule has 10 heteroatoms. The monoisotopic (exact) mass is 585 g/mol. The average molecular weight is 586 g/mol. The molecule has 0 unspecified atom stereocenters. The minimum atomic E-state index is -4.13. The second kappa shape index (κ2) is 14.2.